The molecule has 0 atom stereocenters. The van der Waals surface area contributed by atoms with E-state index in [4.69, 9.17) is 0 Å². The lowest BCUT2D eigenvalue weighted by Crippen LogP contribution is -2.48. The van der Waals surface area contributed by atoms with Gasteiger partial charge in [0.15, 0.2) is 10.8 Å². The van der Waals surface area contributed by atoms with Gasteiger partial charge in [-0.1, -0.05) is 0 Å². The number of thiazole rings is 1. The third kappa shape index (κ3) is 4.29. The summed E-state index contributed by atoms with van der Waals surface area (Å²) in [7, 11) is 0. The molecule has 1 amide bonds. The molecule has 2 N–H and O–H groups in total. The number of halogens is 1. The quantitative estimate of drug-likeness (QED) is 0.435. The number of H-pyrrole nitrogens is 1. The smallest absolute Gasteiger partial charge is 0.240 e. The van der Waals surface area contributed by atoms with Crippen LogP contribution in [0, 0.1) is 0 Å². The van der Waals surface area contributed by atoms with Gasteiger partial charge in [-0.2, -0.15) is 0 Å². The number of rotatable bonds is 5. The molecule has 9 nitrogen and oxygen atoms in total. The number of fused-ring (bicyclic) bond motifs is 1. The van der Waals surface area contributed by atoms with Crippen molar-refractivity contribution in [3.05, 3.63) is 46.8 Å². The van der Waals surface area contributed by atoms with E-state index in [0.717, 1.165) is 53.2 Å². The maximum absolute atomic E-state index is 12.3. The third-order valence-electron chi connectivity index (χ3n) is 5.12. The zero-order valence-electron chi connectivity index (χ0n) is 16.5. The van der Waals surface area contributed by atoms with Gasteiger partial charge in [0.1, 0.15) is 11.3 Å². The highest BCUT2D eigenvalue weighted by molar-refractivity contribution is 9.10. The van der Waals surface area contributed by atoms with Crippen molar-refractivity contribution in [1.29, 1.82) is 0 Å². The molecule has 4 aromatic rings. The first-order valence-electron chi connectivity index (χ1n) is 9.78. The fourth-order valence-corrected chi connectivity index (χ4v) is 4.74. The average molecular weight is 499 g/mol. The maximum Gasteiger partial charge on any atom is 0.240 e. The topological polar surface area (TPSA) is 103 Å². The summed E-state index contributed by atoms with van der Waals surface area (Å²) >= 11 is 5.08. The molecule has 5 heterocycles. The molecule has 0 spiro atoms. The molecule has 11 heteroatoms. The van der Waals surface area contributed by atoms with E-state index in [0.29, 0.717) is 17.3 Å². The Morgan fingerprint density at radius 1 is 1.19 bits per heavy atom. The van der Waals surface area contributed by atoms with Crippen LogP contribution in [0.25, 0.3) is 22.6 Å². The van der Waals surface area contributed by atoms with Gasteiger partial charge in [0.2, 0.25) is 5.91 Å². The highest BCUT2D eigenvalue weighted by atomic mass is 79.9. The van der Waals surface area contributed by atoms with Gasteiger partial charge in [-0.05, 0) is 28.1 Å². The molecule has 158 valence electrons. The maximum atomic E-state index is 12.3. The number of piperazine rings is 1. The van der Waals surface area contributed by atoms with E-state index >= 15 is 0 Å². The SMILES string of the molecule is O=C(CN1CCN(c2c(Br)cnc3nc(-c4cccnc4)[nH]c23)CC1)Nc1nccs1. The molecule has 0 saturated carbocycles. The van der Waals surface area contributed by atoms with Gasteiger partial charge in [0, 0.05) is 61.9 Å². The average Bonchev–Trinajstić information content (AvgIpc) is 3.45. The molecule has 0 unspecified atom stereocenters. The molecule has 4 aromatic heterocycles. The second-order valence-electron chi connectivity index (χ2n) is 7.13. The molecule has 5 rings (SSSR count). The molecular weight excluding hydrogens is 480 g/mol. The van der Waals surface area contributed by atoms with Crippen molar-refractivity contribution in [2.45, 2.75) is 0 Å². The predicted octanol–water partition coefficient (Wildman–Crippen LogP) is 3.00. The standard InChI is InChI=1S/C20H19BrN8OS/c21-14-11-24-19-16(26-18(27-19)13-2-1-3-22-10-13)17(14)29-7-5-28(6-8-29)12-15(30)25-20-23-4-9-31-20/h1-4,9-11H,5-8,12H2,(H,23,25,30)(H,24,26,27). The van der Waals surface area contributed by atoms with E-state index < -0.39 is 0 Å². The van der Waals surface area contributed by atoms with Gasteiger partial charge < -0.3 is 15.2 Å². The number of amides is 1. The fraction of sp³-hybridized carbons (Fsp3) is 0.250. The van der Waals surface area contributed by atoms with E-state index in [1.807, 2.05) is 17.5 Å². The van der Waals surface area contributed by atoms with E-state index in [-0.39, 0.29) is 5.91 Å². The van der Waals surface area contributed by atoms with Gasteiger partial charge >= 0.3 is 0 Å². The summed E-state index contributed by atoms with van der Waals surface area (Å²) in [5.41, 5.74) is 3.52. The van der Waals surface area contributed by atoms with Gasteiger partial charge in [0.25, 0.3) is 0 Å². The van der Waals surface area contributed by atoms with Crippen molar-refractivity contribution < 1.29 is 4.79 Å². The number of nitrogens with one attached hydrogen (secondary N) is 2. The van der Waals surface area contributed by atoms with Crippen molar-refractivity contribution in [2.24, 2.45) is 0 Å². The van der Waals surface area contributed by atoms with Crippen LogP contribution < -0.4 is 10.2 Å². The van der Waals surface area contributed by atoms with Crippen LogP contribution in [0.1, 0.15) is 0 Å². The second-order valence-corrected chi connectivity index (χ2v) is 8.88. The highest BCUT2D eigenvalue weighted by Gasteiger charge is 2.24. The Hall–Kier alpha value is -2.89. The molecule has 1 fully saturated rings. The zero-order chi connectivity index (χ0) is 21.2. The summed E-state index contributed by atoms with van der Waals surface area (Å²) in [6.45, 7) is 3.51. The summed E-state index contributed by atoms with van der Waals surface area (Å²) in [5.74, 6) is 0.706. The third-order valence-corrected chi connectivity index (χ3v) is 6.39. The highest BCUT2D eigenvalue weighted by Crippen LogP contribution is 2.34. The van der Waals surface area contributed by atoms with Crippen molar-refractivity contribution in [3.8, 4) is 11.4 Å². The molecule has 0 bridgehead atoms. The van der Waals surface area contributed by atoms with Gasteiger partial charge in [-0.3, -0.25) is 14.7 Å². The first-order chi connectivity index (χ1) is 15.2. The molecule has 1 saturated heterocycles. The first-order valence-corrected chi connectivity index (χ1v) is 11.5. The number of imidazole rings is 1. The number of aromatic amines is 1. The fourth-order valence-electron chi connectivity index (χ4n) is 3.65. The zero-order valence-corrected chi connectivity index (χ0v) is 18.9. The summed E-state index contributed by atoms with van der Waals surface area (Å²) < 4.78 is 0.913. The Labute approximate surface area is 190 Å². The van der Waals surface area contributed by atoms with Gasteiger partial charge in [-0.15, -0.1) is 11.3 Å². The van der Waals surface area contributed by atoms with Gasteiger partial charge in [-0.25, -0.2) is 15.0 Å². The van der Waals surface area contributed by atoms with Crippen LogP contribution in [0.4, 0.5) is 10.8 Å². The molecule has 1 aliphatic rings. The number of aromatic nitrogens is 5. The number of carbonyl (C=O) groups excluding carboxylic acids is 1. The minimum absolute atomic E-state index is 0.0365. The molecule has 0 radical (unpaired) electrons. The predicted molar refractivity (Wildman–Crippen MR) is 124 cm³/mol. The normalized spacial score (nSPS) is 14.8. The van der Waals surface area contributed by atoms with Gasteiger partial charge in [0.05, 0.1) is 16.7 Å². The van der Waals surface area contributed by atoms with Crippen LogP contribution >= 0.6 is 27.3 Å². The Bertz CT molecular complexity index is 1190. The van der Waals surface area contributed by atoms with Crippen LogP contribution in [0.15, 0.2) is 46.8 Å². The summed E-state index contributed by atoms with van der Waals surface area (Å²) in [4.78, 5) is 37.5. The van der Waals surface area contributed by atoms with Crippen molar-refractivity contribution in [1.82, 2.24) is 29.8 Å². The number of nitrogens with zero attached hydrogens (tertiary/aromatic N) is 6. The van der Waals surface area contributed by atoms with Crippen molar-refractivity contribution >= 4 is 55.2 Å². The molecule has 0 aromatic carbocycles. The van der Waals surface area contributed by atoms with Crippen LogP contribution in [0.5, 0.6) is 0 Å². The number of anilines is 2. The number of hydrogen-bond donors (Lipinski definition) is 2. The molecule has 0 aliphatic carbocycles. The Kier molecular flexibility index (Phi) is 5.62. The lowest BCUT2D eigenvalue weighted by Gasteiger charge is -2.36. The molecule has 31 heavy (non-hydrogen) atoms. The number of hydrogen-bond acceptors (Lipinski definition) is 8. The van der Waals surface area contributed by atoms with E-state index in [2.05, 4.69) is 56.0 Å². The molecule has 1 aliphatic heterocycles. The summed E-state index contributed by atoms with van der Waals surface area (Å²) in [6, 6.07) is 3.85. The van der Waals surface area contributed by atoms with Crippen LogP contribution in [-0.2, 0) is 4.79 Å². The second kappa shape index (κ2) is 8.69. The van der Waals surface area contributed by atoms with Crippen molar-refractivity contribution in [2.75, 3.05) is 42.9 Å². The minimum Gasteiger partial charge on any atom is -0.366 e. The van der Waals surface area contributed by atoms with E-state index in [1.165, 1.54) is 11.3 Å². The number of pyridine rings is 2. The monoisotopic (exact) mass is 498 g/mol. The lowest BCUT2D eigenvalue weighted by molar-refractivity contribution is -0.117. The van der Waals surface area contributed by atoms with Crippen LogP contribution in [0.3, 0.4) is 0 Å². The Morgan fingerprint density at radius 2 is 2.06 bits per heavy atom. The van der Waals surface area contributed by atoms with Crippen molar-refractivity contribution in [3.63, 3.8) is 0 Å². The summed E-state index contributed by atoms with van der Waals surface area (Å²) in [5, 5.41) is 5.32. The van der Waals surface area contributed by atoms with Crippen LogP contribution in [-0.4, -0.2) is 68.5 Å². The number of carbonyl (C=O) groups is 1. The first kappa shape index (κ1) is 20.0. The van der Waals surface area contributed by atoms with Crippen LogP contribution in [0.2, 0.25) is 0 Å². The lowest BCUT2D eigenvalue weighted by atomic mass is 10.2. The van der Waals surface area contributed by atoms with E-state index in [1.54, 1.807) is 24.8 Å². The minimum atomic E-state index is -0.0365. The van der Waals surface area contributed by atoms with E-state index in [9.17, 15) is 4.79 Å². The Morgan fingerprint density at radius 3 is 2.81 bits per heavy atom. The Balaban J connectivity index is 1.30. The summed E-state index contributed by atoms with van der Waals surface area (Å²) in [6.07, 6.45) is 6.99. The molecular formula is C20H19BrN8OS. The largest absolute Gasteiger partial charge is 0.366 e.